The third-order valence-electron chi connectivity index (χ3n) is 1.82. The molecule has 3 nitrogen and oxygen atoms in total. The second-order valence-electron chi connectivity index (χ2n) is 2.98. The van der Waals surface area contributed by atoms with Crippen LogP contribution in [0.2, 0.25) is 0 Å². The van der Waals surface area contributed by atoms with Gasteiger partial charge in [-0.3, -0.25) is 4.72 Å². The summed E-state index contributed by atoms with van der Waals surface area (Å²) in [6.07, 6.45) is 4.44. The maximum Gasteiger partial charge on any atom is 0.261 e. The Morgan fingerprint density at radius 2 is 1.72 bits per heavy atom. The largest absolute Gasteiger partial charge is 0.280 e. The van der Waals surface area contributed by atoms with Gasteiger partial charge in [0.25, 0.3) is 10.0 Å². The summed E-state index contributed by atoms with van der Waals surface area (Å²) >= 11 is 0. The molecule has 0 unspecified atom stereocenters. The highest BCUT2D eigenvalue weighted by Crippen LogP contribution is 2.09. The first kappa shape index (κ1) is 16.2. The second-order valence-corrected chi connectivity index (χ2v) is 4.66. The van der Waals surface area contributed by atoms with Gasteiger partial charge in [-0.1, -0.05) is 51.3 Å². The van der Waals surface area contributed by atoms with Crippen LogP contribution in [0.5, 0.6) is 0 Å². The smallest absolute Gasteiger partial charge is 0.261 e. The van der Waals surface area contributed by atoms with Gasteiger partial charge in [-0.05, 0) is 24.3 Å². The number of nitrogens with one attached hydrogen (secondary N) is 1. The van der Waals surface area contributed by atoms with Gasteiger partial charge in [0.2, 0.25) is 0 Å². The van der Waals surface area contributed by atoms with Crippen molar-refractivity contribution < 1.29 is 8.42 Å². The lowest BCUT2D eigenvalue weighted by molar-refractivity contribution is 0.589. The van der Waals surface area contributed by atoms with E-state index in [1.165, 1.54) is 30.4 Å². The van der Waals surface area contributed by atoms with Gasteiger partial charge in [-0.25, -0.2) is 8.42 Å². The quantitative estimate of drug-likeness (QED) is 0.831. The molecular formula is C14H19NO2S. The van der Waals surface area contributed by atoms with Crippen molar-refractivity contribution in [3.63, 3.8) is 0 Å². The van der Waals surface area contributed by atoms with Crippen LogP contribution >= 0.6 is 0 Å². The summed E-state index contributed by atoms with van der Waals surface area (Å²) in [6.45, 7) is 11.0. The molecule has 0 saturated carbocycles. The molecule has 1 aromatic rings. The van der Waals surface area contributed by atoms with Crippen molar-refractivity contribution in [2.75, 3.05) is 0 Å². The molecule has 0 radical (unpaired) electrons. The Morgan fingerprint density at radius 3 is 2.17 bits per heavy atom. The maximum atomic E-state index is 11.8. The zero-order chi connectivity index (χ0) is 14.0. The second kappa shape index (κ2) is 8.31. The SMILES string of the molecule is C=C/C=C(\C=C)NS(=O)(=O)c1ccccc1.CC. The van der Waals surface area contributed by atoms with Crippen LogP contribution in [0, 0.1) is 0 Å². The van der Waals surface area contributed by atoms with Crippen LogP contribution in [-0.2, 0) is 10.0 Å². The third-order valence-corrected chi connectivity index (χ3v) is 3.22. The Kier molecular flexibility index (Phi) is 7.47. The van der Waals surface area contributed by atoms with Crippen LogP contribution in [0.1, 0.15) is 13.8 Å². The van der Waals surface area contributed by atoms with E-state index in [0.717, 1.165) is 0 Å². The van der Waals surface area contributed by atoms with Gasteiger partial charge in [0.05, 0.1) is 4.90 Å². The van der Waals surface area contributed by atoms with Crippen LogP contribution in [0.3, 0.4) is 0 Å². The highest BCUT2D eigenvalue weighted by atomic mass is 32.2. The van der Waals surface area contributed by atoms with E-state index < -0.39 is 10.0 Å². The zero-order valence-electron chi connectivity index (χ0n) is 10.8. The third kappa shape index (κ3) is 5.01. The van der Waals surface area contributed by atoms with Gasteiger partial charge in [0.1, 0.15) is 0 Å². The van der Waals surface area contributed by atoms with E-state index >= 15 is 0 Å². The summed E-state index contributed by atoms with van der Waals surface area (Å²) in [5.41, 5.74) is 0.388. The van der Waals surface area contributed by atoms with Crippen molar-refractivity contribution >= 4 is 10.0 Å². The number of benzene rings is 1. The van der Waals surface area contributed by atoms with Crippen LogP contribution in [0.25, 0.3) is 0 Å². The summed E-state index contributed by atoms with van der Waals surface area (Å²) in [5, 5.41) is 0. The normalized spacial score (nSPS) is 10.9. The van der Waals surface area contributed by atoms with Crippen molar-refractivity contribution in [3.8, 4) is 0 Å². The molecule has 0 aliphatic rings. The Labute approximate surface area is 110 Å². The average molecular weight is 265 g/mol. The topological polar surface area (TPSA) is 46.2 Å². The van der Waals surface area contributed by atoms with E-state index in [0.29, 0.717) is 5.70 Å². The lowest BCUT2D eigenvalue weighted by Gasteiger charge is -2.07. The first-order valence-corrected chi connectivity index (χ1v) is 7.11. The van der Waals surface area contributed by atoms with Crippen molar-refractivity contribution in [1.29, 1.82) is 0 Å². The average Bonchev–Trinajstić information content (AvgIpc) is 2.41. The van der Waals surface area contributed by atoms with Crippen LogP contribution in [0.15, 0.2) is 72.3 Å². The lowest BCUT2D eigenvalue weighted by atomic mass is 10.4. The van der Waals surface area contributed by atoms with Crippen molar-refractivity contribution in [2.45, 2.75) is 18.7 Å². The summed E-state index contributed by atoms with van der Waals surface area (Å²) < 4.78 is 26.1. The van der Waals surface area contributed by atoms with Gasteiger partial charge in [-0.15, -0.1) is 0 Å². The monoisotopic (exact) mass is 265 g/mol. The fourth-order valence-electron chi connectivity index (χ4n) is 1.08. The lowest BCUT2D eigenvalue weighted by Crippen LogP contribution is -2.22. The molecule has 0 amide bonds. The summed E-state index contributed by atoms with van der Waals surface area (Å²) in [7, 11) is -3.53. The van der Waals surface area contributed by atoms with Crippen LogP contribution < -0.4 is 4.72 Å². The van der Waals surface area contributed by atoms with Gasteiger partial charge >= 0.3 is 0 Å². The Hall–Kier alpha value is -1.81. The highest BCUT2D eigenvalue weighted by Gasteiger charge is 2.12. The summed E-state index contributed by atoms with van der Waals surface area (Å²) in [5.74, 6) is 0. The molecule has 0 aromatic heterocycles. The molecule has 1 N–H and O–H groups in total. The molecule has 0 heterocycles. The summed E-state index contributed by atoms with van der Waals surface area (Å²) in [4.78, 5) is 0.215. The molecule has 0 saturated heterocycles. The van der Waals surface area contributed by atoms with Gasteiger partial charge in [0, 0.05) is 5.70 Å². The fourth-order valence-corrected chi connectivity index (χ4v) is 2.18. The molecule has 0 aliphatic heterocycles. The first-order valence-electron chi connectivity index (χ1n) is 5.63. The molecule has 0 fully saturated rings. The number of rotatable bonds is 5. The molecule has 0 aliphatic carbocycles. The van der Waals surface area contributed by atoms with Gasteiger partial charge in [0.15, 0.2) is 0 Å². The van der Waals surface area contributed by atoms with E-state index in [1.807, 2.05) is 13.8 Å². The van der Waals surface area contributed by atoms with Crippen molar-refractivity contribution in [1.82, 2.24) is 4.72 Å². The van der Waals surface area contributed by atoms with Gasteiger partial charge in [-0.2, -0.15) is 0 Å². The van der Waals surface area contributed by atoms with E-state index in [-0.39, 0.29) is 4.90 Å². The van der Waals surface area contributed by atoms with Gasteiger partial charge < -0.3 is 0 Å². The molecule has 98 valence electrons. The Balaban J connectivity index is 0.00000137. The van der Waals surface area contributed by atoms with E-state index in [4.69, 9.17) is 0 Å². The molecule has 4 heteroatoms. The van der Waals surface area contributed by atoms with Crippen molar-refractivity contribution in [3.05, 3.63) is 67.4 Å². The number of hydrogen-bond acceptors (Lipinski definition) is 2. The van der Waals surface area contributed by atoms with E-state index in [9.17, 15) is 8.42 Å². The molecule has 1 aromatic carbocycles. The number of hydrogen-bond donors (Lipinski definition) is 1. The van der Waals surface area contributed by atoms with Crippen LogP contribution in [-0.4, -0.2) is 8.42 Å². The zero-order valence-corrected chi connectivity index (χ0v) is 11.6. The molecule has 18 heavy (non-hydrogen) atoms. The minimum atomic E-state index is -3.53. The number of sulfonamides is 1. The summed E-state index contributed by atoms with van der Waals surface area (Å²) in [6, 6.07) is 8.14. The predicted octanol–water partition coefficient (Wildman–Crippen LogP) is 3.25. The fraction of sp³-hybridized carbons (Fsp3) is 0.143. The Morgan fingerprint density at radius 1 is 1.17 bits per heavy atom. The maximum absolute atomic E-state index is 11.8. The molecule has 1 rings (SSSR count). The predicted molar refractivity (Wildman–Crippen MR) is 76.6 cm³/mol. The van der Waals surface area contributed by atoms with E-state index in [2.05, 4.69) is 17.9 Å². The number of allylic oxidation sites excluding steroid dienone is 3. The van der Waals surface area contributed by atoms with Crippen molar-refractivity contribution in [2.24, 2.45) is 0 Å². The molecule has 0 atom stereocenters. The van der Waals surface area contributed by atoms with E-state index in [1.54, 1.807) is 18.2 Å². The minimum absolute atomic E-state index is 0.215. The van der Waals surface area contributed by atoms with Crippen LogP contribution in [0.4, 0.5) is 0 Å². The highest BCUT2D eigenvalue weighted by molar-refractivity contribution is 7.89. The Bertz CT molecular complexity index is 502. The molecule has 0 spiro atoms. The first-order chi connectivity index (χ1) is 8.60. The molecule has 0 bridgehead atoms. The standard InChI is InChI=1S/C12H13NO2S.C2H6/c1-3-8-11(4-2)13-16(14,15)12-9-6-5-7-10-12;1-2/h3-10,13H,1-2H2;1-2H3/b11-8+;. The molecular weight excluding hydrogens is 246 g/mol. The minimum Gasteiger partial charge on any atom is -0.280 e.